The number of pyridine rings is 1. The second kappa shape index (κ2) is 10.9. The number of ether oxygens (including phenoxy) is 1. The molecule has 12 heteroatoms. The van der Waals surface area contributed by atoms with Gasteiger partial charge >= 0.3 is 0 Å². The van der Waals surface area contributed by atoms with Crippen LogP contribution in [0.4, 0.5) is 11.4 Å². The van der Waals surface area contributed by atoms with Crippen LogP contribution in [0.1, 0.15) is 29.6 Å². The zero-order chi connectivity index (χ0) is 27.0. The first-order valence-electron chi connectivity index (χ1n) is 12.2. The largest absolute Gasteiger partial charge is 0.385 e. The molecule has 0 bridgehead atoms. The van der Waals surface area contributed by atoms with Crippen molar-refractivity contribution in [1.82, 2.24) is 9.29 Å². The van der Waals surface area contributed by atoms with Gasteiger partial charge in [0.15, 0.2) is 0 Å². The van der Waals surface area contributed by atoms with E-state index in [1.54, 1.807) is 30.2 Å². The van der Waals surface area contributed by atoms with Crippen molar-refractivity contribution in [3.63, 3.8) is 0 Å². The predicted molar refractivity (Wildman–Crippen MR) is 149 cm³/mol. The molecule has 0 spiro atoms. The monoisotopic (exact) mass is 620 g/mol. The van der Waals surface area contributed by atoms with Crippen molar-refractivity contribution in [3.05, 3.63) is 57.8 Å². The van der Waals surface area contributed by atoms with Gasteiger partial charge in [0.05, 0.1) is 16.1 Å². The van der Waals surface area contributed by atoms with Gasteiger partial charge in [0.2, 0.25) is 15.9 Å². The van der Waals surface area contributed by atoms with Crippen LogP contribution >= 0.6 is 27.5 Å². The first kappa shape index (κ1) is 27.0. The van der Waals surface area contributed by atoms with E-state index in [4.69, 9.17) is 16.3 Å². The zero-order valence-electron chi connectivity index (χ0n) is 20.6. The molecule has 2 aromatic carbocycles. The van der Waals surface area contributed by atoms with E-state index in [0.717, 1.165) is 16.5 Å². The van der Waals surface area contributed by atoms with E-state index in [1.165, 1.54) is 16.6 Å². The van der Waals surface area contributed by atoms with E-state index >= 15 is 0 Å². The fourth-order valence-corrected chi connectivity index (χ4v) is 7.15. The van der Waals surface area contributed by atoms with E-state index in [1.807, 2.05) is 12.1 Å². The van der Waals surface area contributed by atoms with Crippen LogP contribution < -0.4 is 10.2 Å². The normalized spacial score (nSPS) is 17.8. The number of nitrogens with one attached hydrogen (secondary N) is 1. The number of methoxy groups -OCH3 is 1. The minimum Gasteiger partial charge on any atom is -0.385 e. The number of hydrogen-bond donors (Lipinski definition) is 1. The van der Waals surface area contributed by atoms with Crippen molar-refractivity contribution in [2.45, 2.75) is 24.2 Å². The number of benzene rings is 2. The molecule has 1 saturated heterocycles. The van der Waals surface area contributed by atoms with Gasteiger partial charge in [0, 0.05) is 61.6 Å². The SMILES string of the molecule is COCCCN1C(=O)c2cccc3c(NC(=O)C4CCCN(S(=O)(=O)c5cnc(Cl)c(Br)c5)C4)ccc1c23. The van der Waals surface area contributed by atoms with E-state index in [0.29, 0.717) is 54.7 Å². The van der Waals surface area contributed by atoms with Gasteiger partial charge in [-0.25, -0.2) is 13.4 Å². The smallest absolute Gasteiger partial charge is 0.258 e. The second-order valence-electron chi connectivity index (χ2n) is 9.30. The van der Waals surface area contributed by atoms with Crippen LogP contribution in [-0.2, 0) is 19.6 Å². The highest BCUT2D eigenvalue weighted by molar-refractivity contribution is 9.10. The van der Waals surface area contributed by atoms with Crippen molar-refractivity contribution in [2.24, 2.45) is 5.92 Å². The molecular weight excluding hydrogens is 596 g/mol. The Morgan fingerprint density at radius 3 is 2.87 bits per heavy atom. The maximum atomic E-state index is 13.3. The predicted octanol–water partition coefficient (Wildman–Crippen LogP) is 4.69. The Hall–Kier alpha value is -2.57. The molecule has 0 aliphatic carbocycles. The topological polar surface area (TPSA) is 109 Å². The molecule has 2 amide bonds. The number of carbonyl (C=O) groups is 2. The number of anilines is 2. The molecular formula is C26H26BrClN4O5S. The summed E-state index contributed by atoms with van der Waals surface area (Å²) >= 11 is 9.14. The highest BCUT2D eigenvalue weighted by atomic mass is 79.9. The molecule has 3 heterocycles. The molecule has 1 aromatic heterocycles. The number of hydrogen-bond acceptors (Lipinski definition) is 6. The van der Waals surface area contributed by atoms with Gasteiger partial charge in [-0.15, -0.1) is 0 Å². The zero-order valence-corrected chi connectivity index (χ0v) is 23.8. The Balaban J connectivity index is 1.36. The van der Waals surface area contributed by atoms with Gasteiger partial charge < -0.3 is 15.0 Å². The molecule has 1 N–H and O–H groups in total. The standard InChI is InChI=1S/C26H26BrClN4O5S/c1-37-12-4-11-32-22-9-8-21(18-6-2-7-19(23(18)22)26(32)34)30-25(33)16-5-3-10-31(15-16)38(35,36)17-13-20(27)24(28)29-14-17/h2,6-9,13-14,16H,3-5,10-12,15H2,1H3,(H,30,33). The number of aromatic nitrogens is 1. The summed E-state index contributed by atoms with van der Waals surface area (Å²) < 4.78 is 33.3. The van der Waals surface area contributed by atoms with Gasteiger partial charge in [-0.1, -0.05) is 23.7 Å². The second-order valence-corrected chi connectivity index (χ2v) is 12.4. The average Bonchev–Trinajstić information content (AvgIpc) is 3.19. The Morgan fingerprint density at radius 1 is 1.29 bits per heavy atom. The van der Waals surface area contributed by atoms with Crippen LogP contribution in [-0.4, -0.2) is 62.9 Å². The summed E-state index contributed by atoms with van der Waals surface area (Å²) in [5.41, 5.74) is 2.00. The molecule has 0 radical (unpaired) electrons. The minimum atomic E-state index is -3.85. The van der Waals surface area contributed by atoms with Crippen LogP contribution in [0.2, 0.25) is 5.15 Å². The van der Waals surface area contributed by atoms with Crippen molar-refractivity contribution in [2.75, 3.05) is 43.6 Å². The lowest BCUT2D eigenvalue weighted by Crippen LogP contribution is -2.43. The molecule has 3 aromatic rings. The number of rotatable bonds is 8. The molecule has 0 saturated carbocycles. The Kier molecular flexibility index (Phi) is 7.74. The minimum absolute atomic E-state index is 0.0158. The van der Waals surface area contributed by atoms with E-state index in [-0.39, 0.29) is 28.4 Å². The van der Waals surface area contributed by atoms with Crippen LogP contribution in [0.5, 0.6) is 0 Å². The molecule has 1 fully saturated rings. The molecule has 1 unspecified atom stereocenters. The van der Waals surface area contributed by atoms with Gasteiger partial charge in [-0.3, -0.25) is 9.59 Å². The van der Waals surface area contributed by atoms with Crippen molar-refractivity contribution in [1.29, 1.82) is 0 Å². The van der Waals surface area contributed by atoms with E-state index in [2.05, 4.69) is 26.2 Å². The number of halogens is 2. The summed E-state index contributed by atoms with van der Waals surface area (Å²) in [6.45, 7) is 1.46. The lowest BCUT2D eigenvalue weighted by molar-refractivity contribution is -0.120. The van der Waals surface area contributed by atoms with Crippen LogP contribution in [0.15, 0.2) is 52.0 Å². The first-order chi connectivity index (χ1) is 18.2. The summed E-state index contributed by atoms with van der Waals surface area (Å²) in [6, 6.07) is 10.6. The van der Waals surface area contributed by atoms with E-state index < -0.39 is 15.9 Å². The summed E-state index contributed by atoms with van der Waals surface area (Å²) in [7, 11) is -2.22. The lowest BCUT2D eigenvalue weighted by Gasteiger charge is -2.31. The maximum Gasteiger partial charge on any atom is 0.258 e. The van der Waals surface area contributed by atoms with Gasteiger partial charge in [-0.05, 0) is 59.5 Å². The third kappa shape index (κ3) is 4.93. The third-order valence-corrected chi connectivity index (χ3v) is 9.90. The molecule has 5 rings (SSSR count). The third-order valence-electron chi connectivity index (χ3n) is 6.94. The molecule has 200 valence electrons. The van der Waals surface area contributed by atoms with Gasteiger partial charge in [0.1, 0.15) is 10.0 Å². The molecule has 1 atom stereocenters. The molecule has 38 heavy (non-hydrogen) atoms. The Bertz CT molecular complexity index is 1530. The Morgan fingerprint density at radius 2 is 2.11 bits per heavy atom. The van der Waals surface area contributed by atoms with Crippen LogP contribution in [0.25, 0.3) is 10.8 Å². The van der Waals surface area contributed by atoms with Gasteiger partial charge in [-0.2, -0.15) is 4.31 Å². The van der Waals surface area contributed by atoms with Crippen molar-refractivity contribution < 1.29 is 22.7 Å². The highest BCUT2D eigenvalue weighted by Crippen LogP contribution is 2.41. The van der Waals surface area contributed by atoms with Crippen LogP contribution in [0.3, 0.4) is 0 Å². The summed E-state index contributed by atoms with van der Waals surface area (Å²) in [5, 5.41) is 4.75. The summed E-state index contributed by atoms with van der Waals surface area (Å²) in [4.78, 5) is 32.1. The van der Waals surface area contributed by atoms with Crippen molar-refractivity contribution >= 4 is 71.5 Å². The molecule has 9 nitrogen and oxygen atoms in total. The lowest BCUT2D eigenvalue weighted by atomic mass is 9.98. The van der Waals surface area contributed by atoms with E-state index in [9.17, 15) is 18.0 Å². The molecule has 2 aliphatic rings. The number of nitrogens with zero attached hydrogens (tertiary/aromatic N) is 3. The summed E-state index contributed by atoms with van der Waals surface area (Å²) in [5.74, 6) is -0.860. The first-order valence-corrected chi connectivity index (χ1v) is 14.8. The fraction of sp³-hybridized carbons (Fsp3) is 0.346. The fourth-order valence-electron chi connectivity index (χ4n) is 5.05. The maximum absolute atomic E-state index is 13.3. The number of sulfonamides is 1. The summed E-state index contributed by atoms with van der Waals surface area (Å²) in [6.07, 6.45) is 3.04. The van der Waals surface area contributed by atoms with Crippen LogP contribution in [0, 0.1) is 5.92 Å². The van der Waals surface area contributed by atoms with Crippen molar-refractivity contribution in [3.8, 4) is 0 Å². The Labute approximate surface area is 234 Å². The average molecular weight is 622 g/mol. The number of piperidine rings is 1. The number of carbonyl (C=O) groups excluding carboxylic acids is 2. The highest BCUT2D eigenvalue weighted by Gasteiger charge is 2.35. The number of amides is 2. The quantitative estimate of drug-likeness (QED) is 0.289. The molecule has 2 aliphatic heterocycles. The van der Waals surface area contributed by atoms with Gasteiger partial charge in [0.25, 0.3) is 5.91 Å².